The van der Waals surface area contributed by atoms with Gasteiger partial charge in [-0.3, -0.25) is 0 Å². The average molecular weight is 317 g/mol. The van der Waals surface area contributed by atoms with Crippen molar-refractivity contribution in [3.8, 4) is 0 Å². The third-order valence-corrected chi connectivity index (χ3v) is 4.11. The lowest BCUT2D eigenvalue weighted by atomic mass is 10.1. The van der Waals surface area contributed by atoms with Gasteiger partial charge >= 0.3 is 6.18 Å². The molecule has 1 aliphatic rings. The van der Waals surface area contributed by atoms with Crippen molar-refractivity contribution in [1.82, 2.24) is 4.90 Å². The number of hydrogen-bond donors (Lipinski definition) is 1. The lowest BCUT2D eigenvalue weighted by Crippen LogP contribution is -2.50. The Hall–Kier alpha value is -1.34. The molecule has 1 atom stereocenters. The van der Waals surface area contributed by atoms with Crippen LogP contribution >= 0.6 is 12.2 Å². The van der Waals surface area contributed by atoms with Gasteiger partial charge in [0.2, 0.25) is 0 Å². The van der Waals surface area contributed by atoms with Gasteiger partial charge in [0.25, 0.3) is 0 Å². The van der Waals surface area contributed by atoms with Crippen LogP contribution in [0.15, 0.2) is 18.2 Å². The van der Waals surface area contributed by atoms with E-state index in [4.69, 9.17) is 18.0 Å². The van der Waals surface area contributed by atoms with Crippen molar-refractivity contribution in [2.24, 2.45) is 5.73 Å². The molecule has 1 aromatic carbocycles. The first kappa shape index (κ1) is 16.0. The van der Waals surface area contributed by atoms with Crippen molar-refractivity contribution in [1.29, 1.82) is 0 Å². The van der Waals surface area contributed by atoms with Crippen LogP contribution in [0.2, 0.25) is 0 Å². The molecule has 0 bridgehead atoms. The number of rotatable bonds is 2. The predicted molar refractivity (Wildman–Crippen MR) is 81.6 cm³/mol. The van der Waals surface area contributed by atoms with Gasteiger partial charge in [-0.1, -0.05) is 12.2 Å². The van der Waals surface area contributed by atoms with Gasteiger partial charge in [0.05, 0.1) is 5.56 Å². The summed E-state index contributed by atoms with van der Waals surface area (Å²) >= 11 is 4.93. The van der Waals surface area contributed by atoms with Gasteiger partial charge in [-0.25, -0.2) is 0 Å². The summed E-state index contributed by atoms with van der Waals surface area (Å²) in [4.78, 5) is 4.24. The molecule has 116 valence electrons. The molecule has 2 rings (SSSR count). The predicted octanol–water partition coefficient (Wildman–Crippen LogP) is 2.48. The van der Waals surface area contributed by atoms with Gasteiger partial charge in [0.1, 0.15) is 4.99 Å². The molecular formula is C14H18F3N3S. The first-order valence-electron chi connectivity index (χ1n) is 6.66. The molecule has 3 nitrogen and oxygen atoms in total. The number of nitrogens with two attached hydrogens (primary N) is 1. The summed E-state index contributed by atoms with van der Waals surface area (Å²) in [6, 6.07) is 3.91. The van der Waals surface area contributed by atoms with Crippen LogP contribution in [0.4, 0.5) is 18.9 Å². The molecule has 0 spiro atoms. The van der Waals surface area contributed by atoms with E-state index in [1.54, 1.807) is 0 Å². The molecule has 1 aliphatic heterocycles. The molecule has 2 N–H and O–H groups in total. The first-order valence-corrected chi connectivity index (χ1v) is 7.07. The van der Waals surface area contributed by atoms with E-state index in [1.807, 2.05) is 11.9 Å². The summed E-state index contributed by atoms with van der Waals surface area (Å²) in [5, 5.41) is 0. The van der Waals surface area contributed by atoms with E-state index in [0.29, 0.717) is 11.7 Å². The molecule has 1 unspecified atom stereocenters. The minimum absolute atomic E-state index is 0.0114. The largest absolute Gasteiger partial charge is 0.416 e. The minimum atomic E-state index is -4.40. The van der Waals surface area contributed by atoms with Gasteiger partial charge in [-0.2, -0.15) is 13.2 Å². The molecular weight excluding hydrogens is 299 g/mol. The van der Waals surface area contributed by atoms with E-state index in [0.717, 1.165) is 31.8 Å². The molecule has 0 radical (unpaired) electrons. The van der Waals surface area contributed by atoms with Crippen LogP contribution < -0.4 is 10.6 Å². The maximum Gasteiger partial charge on any atom is 0.416 e. The van der Waals surface area contributed by atoms with Crippen LogP contribution in [0.25, 0.3) is 0 Å². The van der Waals surface area contributed by atoms with E-state index in [1.165, 1.54) is 6.07 Å². The van der Waals surface area contributed by atoms with Crippen molar-refractivity contribution in [2.75, 3.05) is 31.6 Å². The van der Waals surface area contributed by atoms with Gasteiger partial charge in [-0.05, 0) is 32.2 Å². The molecule has 0 aliphatic carbocycles. The highest BCUT2D eigenvalue weighted by molar-refractivity contribution is 7.80. The van der Waals surface area contributed by atoms with Gasteiger partial charge < -0.3 is 15.5 Å². The summed E-state index contributed by atoms with van der Waals surface area (Å²) in [6.07, 6.45) is -4.40. The highest BCUT2D eigenvalue weighted by Gasteiger charge is 2.32. The first-order chi connectivity index (χ1) is 9.70. The summed E-state index contributed by atoms with van der Waals surface area (Å²) < 4.78 is 38.4. The van der Waals surface area contributed by atoms with Crippen LogP contribution in [0.1, 0.15) is 18.1 Å². The van der Waals surface area contributed by atoms with E-state index < -0.39 is 11.7 Å². The highest BCUT2D eigenvalue weighted by atomic mass is 32.1. The summed E-state index contributed by atoms with van der Waals surface area (Å²) in [7, 11) is 2.03. The number of piperazine rings is 1. The third kappa shape index (κ3) is 3.47. The summed E-state index contributed by atoms with van der Waals surface area (Å²) in [6.45, 7) is 4.40. The van der Waals surface area contributed by atoms with Gasteiger partial charge in [0, 0.05) is 36.9 Å². The quantitative estimate of drug-likeness (QED) is 0.850. The molecule has 21 heavy (non-hydrogen) atoms. The fourth-order valence-corrected chi connectivity index (χ4v) is 2.62. The molecule has 1 aromatic rings. The van der Waals surface area contributed by atoms with Crippen LogP contribution in [0.3, 0.4) is 0 Å². The molecule has 7 heteroatoms. The molecule has 1 heterocycles. The van der Waals surface area contributed by atoms with Gasteiger partial charge in [-0.15, -0.1) is 0 Å². The number of likely N-dealkylation sites (N-methyl/N-ethyl adjacent to an activating group) is 1. The van der Waals surface area contributed by atoms with Crippen molar-refractivity contribution >= 4 is 22.9 Å². The lowest BCUT2D eigenvalue weighted by Gasteiger charge is -2.39. The zero-order valence-corrected chi connectivity index (χ0v) is 12.8. The normalized spacial score (nSPS) is 20.6. The molecule has 1 fully saturated rings. The number of nitrogens with zero attached hydrogens (tertiary/aromatic N) is 2. The number of alkyl halides is 3. The average Bonchev–Trinajstić information content (AvgIpc) is 2.40. The Labute approximate surface area is 127 Å². The number of halogens is 3. The van der Waals surface area contributed by atoms with Crippen LogP contribution in [-0.4, -0.2) is 42.6 Å². The molecule has 0 aromatic heterocycles. The smallest absolute Gasteiger partial charge is 0.389 e. The molecule has 0 saturated carbocycles. The Balaban J connectivity index is 2.38. The zero-order chi connectivity index (χ0) is 15.8. The number of benzene rings is 1. The number of thiocarbonyl (C=S) groups is 1. The monoisotopic (exact) mass is 317 g/mol. The lowest BCUT2D eigenvalue weighted by molar-refractivity contribution is -0.137. The van der Waals surface area contributed by atoms with E-state index in [-0.39, 0.29) is 10.6 Å². The van der Waals surface area contributed by atoms with Crippen molar-refractivity contribution in [3.63, 3.8) is 0 Å². The second-order valence-corrected chi connectivity index (χ2v) is 5.81. The summed E-state index contributed by atoms with van der Waals surface area (Å²) in [5.74, 6) is 0. The van der Waals surface area contributed by atoms with Crippen LogP contribution in [0.5, 0.6) is 0 Å². The topological polar surface area (TPSA) is 32.5 Å². The van der Waals surface area contributed by atoms with Crippen LogP contribution in [-0.2, 0) is 6.18 Å². The number of hydrogen-bond acceptors (Lipinski definition) is 3. The highest BCUT2D eigenvalue weighted by Crippen LogP contribution is 2.33. The second-order valence-electron chi connectivity index (χ2n) is 5.37. The van der Waals surface area contributed by atoms with Crippen molar-refractivity contribution in [2.45, 2.75) is 19.1 Å². The Morgan fingerprint density at radius 3 is 2.52 bits per heavy atom. The minimum Gasteiger partial charge on any atom is -0.389 e. The van der Waals surface area contributed by atoms with E-state index in [2.05, 4.69) is 11.8 Å². The maximum absolute atomic E-state index is 12.8. The van der Waals surface area contributed by atoms with E-state index >= 15 is 0 Å². The fraction of sp³-hybridized carbons (Fsp3) is 0.500. The zero-order valence-electron chi connectivity index (χ0n) is 11.9. The Kier molecular flexibility index (Phi) is 4.43. The molecule has 0 amide bonds. The second kappa shape index (κ2) is 5.81. The third-order valence-electron chi connectivity index (χ3n) is 3.89. The SMILES string of the molecule is CC1CN(c2ccc(C(F)(F)F)cc2C(N)=S)CCN1C. The van der Waals surface area contributed by atoms with Crippen molar-refractivity contribution in [3.05, 3.63) is 29.3 Å². The Morgan fingerprint density at radius 1 is 1.33 bits per heavy atom. The Bertz CT molecular complexity index is 545. The van der Waals surface area contributed by atoms with Crippen LogP contribution in [0, 0.1) is 0 Å². The Morgan fingerprint density at radius 2 is 2.00 bits per heavy atom. The fourth-order valence-electron chi connectivity index (χ4n) is 2.45. The number of anilines is 1. The molecule has 1 saturated heterocycles. The maximum atomic E-state index is 12.8. The van der Waals surface area contributed by atoms with E-state index in [9.17, 15) is 13.2 Å². The standard InChI is InChI=1S/C14H18F3N3S/c1-9-8-20(6-5-19(9)2)12-4-3-10(14(15,16)17)7-11(12)13(18)21/h3-4,7,9H,5-6,8H2,1-2H3,(H2,18,21). The van der Waals surface area contributed by atoms with Gasteiger partial charge in [0.15, 0.2) is 0 Å². The summed E-state index contributed by atoms with van der Waals surface area (Å²) in [5.41, 5.74) is 5.86. The van der Waals surface area contributed by atoms with Crippen molar-refractivity contribution < 1.29 is 13.2 Å².